The zero-order valence-electron chi connectivity index (χ0n) is 10.6. The third-order valence-electron chi connectivity index (χ3n) is 3.66. The third-order valence-corrected chi connectivity index (χ3v) is 3.66. The Bertz CT molecular complexity index is 337. The maximum atomic E-state index is 12.1. The van der Waals surface area contributed by atoms with Crippen LogP contribution in [0.2, 0.25) is 0 Å². The molecule has 0 aliphatic heterocycles. The lowest BCUT2D eigenvalue weighted by Gasteiger charge is -2.20. The summed E-state index contributed by atoms with van der Waals surface area (Å²) in [6.45, 7) is 1.95. The molecule has 2 rings (SSSR count). The van der Waals surface area contributed by atoms with Gasteiger partial charge in [-0.05, 0) is 31.9 Å². The zero-order chi connectivity index (χ0) is 12.1. The molecule has 3 nitrogen and oxygen atoms in total. The molecular weight excluding hydrogens is 212 g/mol. The van der Waals surface area contributed by atoms with Crippen LogP contribution in [0.15, 0.2) is 24.5 Å². The molecular formula is C14H22N2O. The molecule has 17 heavy (non-hydrogen) atoms. The van der Waals surface area contributed by atoms with Crippen LogP contribution in [0.5, 0.6) is 0 Å². The van der Waals surface area contributed by atoms with E-state index in [1.165, 1.54) is 25.7 Å². The van der Waals surface area contributed by atoms with E-state index in [2.05, 4.69) is 5.32 Å². The van der Waals surface area contributed by atoms with E-state index in [0.717, 1.165) is 12.8 Å². The number of nitrogens with one attached hydrogen (secondary N) is 1. The second kappa shape index (κ2) is 5.89. The Hall–Kier alpha value is -1.25. The van der Waals surface area contributed by atoms with Gasteiger partial charge in [0.2, 0.25) is 5.91 Å². The number of carbonyl (C=O) groups excluding carboxylic acids is 1. The van der Waals surface area contributed by atoms with E-state index in [4.69, 9.17) is 0 Å². The molecule has 0 radical (unpaired) electrons. The van der Waals surface area contributed by atoms with E-state index in [0.29, 0.717) is 6.04 Å². The normalized spacial score (nSPS) is 19.6. The summed E-state index contributed by atoms with van der Waals surface area (Å²) < 4.78 is 1.95. The number of nitrogens with zero attached hydrogens (tertiary/aromatic N) is 1. The van der Waals surface area contributed by atoms with Crippen molar-refractivity contribution in [2.45, 2.75) is 57.5 Å². The highest BCUT2D eigenvalue weighted by atomic mass is 16.2. The van der Waals surface area contributed by atoms with E-state index in [1.54, 1.807) is 0 Å². The summed E-state index contributed by atoms with van der Waals surface area (Å²) in [7, 11) is 0. The molecule has 1 amide bonds. The van der Waals surface area contributed by atoms with Crippen LogP contribution < -0.4 is 5.32 Å². The highest BCUT2D eigenvalue weighted by Gasteiger charge is 2.19. The summed E-state index contributed by atoms with van der Waals surface area (Å²) in [4.78, 5) is 12.1. The Balaban J connectivity index is 1.87. The Labute approximate surface area is 103 Å². The Morgan fingerprint density at radius 3 is 2.35 bits per heavy atom. The second-order valence-corrected chi connectivity index (χ2v) is 5.00. The van der Waals surface area contributed by atoms with Gasteiger partial charge in [0.05, 0.1) is 0 Å². The topological polar surface area (TPSA) is 34.0 Å². The van der Waals surface area contributed by atoms with Crippen molar-refractivity contribution in [3.63, 3.8) is 0 Å². The first-order valence-corrected chi connectivity index (χ1v) is 6.70. The van der Waals surface area contributed by atoms with Gasteiger partial charge in [-0.15, -0.1) is 0 Å². The summed E-state index contributed by atoms with van der Waals surface area (Å²) in [5.41, 5.74) is 0. The van der Waals surface area contributed by atoms with Gasteiger partial charge in [0.1, 0.15) is 6.04 Å². The van der Waals surface area contributed by atoms with Crippen LogP contribution >= 0.6 is 0 Å². The standard InChI is InChI=1S/C14H22N2O/c1-12(16-10-6-7-11-16)14(17)15-13-8-4-2-3-5-9-13/h6-7,10-13H,2-5,8-9H2,1H3,(H,15,17)/t12-/m0/s1. The molecule has 1 fully saturated rings. The largest absolute Gasteiger partial charge is 0.352 e. The van der Waals surface area contributed by atoms with Crippen molar-refractivity contribution in [1.29, 1.82) is 0 Å². The number of amides is 1. The first-order chi connectivity index (χ1) is 8.27. The molecule has 0 spiro atoms. The van der Waals surface area contributed by atoms with Gasteiger partial charge < -0.3 is 9.88 Å². The van der Waals surface area contributed by atoms with E-state index in [9.17, 15) is 4.79 Å². The SMILES string of the molecule is C[C@@H](C(=O)NC1CCCCCC1)n1cccc1. The molecule has 0 bridgehead atoms. The minimum Gasteiger partial charge on any atom is -0.352 e. The van der Waals surface area contributed by atoms with Crippen LogP contribution in [0.3, 0.4) is 0 Å². The van der Waals surface area contributed by atoms with E-state index < -0.39 is 0 Å². The van der Waals surface area contributed by atoms with E-state index in [1.807, 2.05) is 36.0 Å². The quantitative estimate of drug-likeness (QED) is 0.802. The first kappa shape index (κ1) is 12.2. The second-order valence-electron chi connectivity index (χ2n) is 5.00. The summed E-state index contributed by atoms with van der Waals surface area (Å²) in [6, 6.07) is 4.20. The van der Waals surface area contributed by atoms with E-state index in [-0.39, 0.29) is 11.9 Å². The van der Waals surface area contributed by atoms with Crippen LogP contribution in [0.4, 0.5) is 0 Å². The van der Waals surface area contributed by atoms with Crippen LogP contribution in [0.1, 0.15) is 51.5 Å². The van der Waals surface area contributed by atoms with Gasteiger partial charge in [-0.2, -0.15) is 0 Å². The Morgan fingerprint density at radius 1 is 1.18 bits per heavy atom. The van der Waals surface area contributed by atoms with Crippen molar-refractivity contribution in [2.75, 3.05) is 0 Å². The van der Waals surface area contributed by atoms with Crippen LogP contribution in [-0.2, 0) is 4.79 Å². The fourth-order valence-electron chi connectivity index (χ4n) is 2.49. The number of aromatic nitrogens is 1. The zero-order valence-corrected chi connectivity index (χ0v) is 10.6. The van der Waals surface area contributed by atoms with Gasteiger partial charge in [0.15, 0.2) is 0 Å². The summed E-state index contributed by atoms with van der Waals surface area (Å²) in [6.07, 6.45) is 11.3. The smallest absolute Gasteiger partial charge is 0.242 e. The molecule has 1 aromatic heterocycles. The molecule has 94 valence electrons. The number of hydrogen-bond acceptors (Lipinski definition) is 1. The van der Waals surface area contributed by atoms with Gasteiger partial charge in [-0.25, -0.2) is 0 Å². The maximum Gasteiger partial charge on any atom is 0.242 e. The first-order valence-electron chi connectivity index (χ1n) is 6.70. The fraction of sp³-hybridized carbons (Fsp3) is 0.643. The number of rotatable bonds is 3. The highest BCUT2D eigenvalue weighted by molar-refractivity contribution is 5.80. The van der Waals surface area contributed by atoms with Crippen molar-refractivity contribution < 1.29 is 4.79 Å². The van der Waals surface area contributed by atoms with Gasteiger partial charge >= 0.3 is 0 Å². The van der Waals surface area contributed by atoms with Gasteiger partial charge in [-0.1, -0.05) is 25.7 Å². The van der Waals surface area contributed by atoms with Gasteiger partial charge in [-0.3, -0.25) is 4.79 Å². The Morgan fingerprint density at radius 2 is 1.76 bits per heavy atom. The maximum absolute atomic E-state index is 12.1. The molecule has 1 N–H and O–H groups in total. The molecule has 1 aliphatic carbocycles. The van der Waals surface area contributed by atoms with Crippen molar-refractivity contribution in [3.05, 3.63) is 24.5 Å². The summed E-state index contributed by atoms with van der Waals surface area (Å²) >= 11 is 0. The van der Waals surface area contributed by atoms with Gasteiger partial charge in [0.25, 0.3) is 0 Å². The number of hydrogen-bond donors (Lipinski definition) is 1. The average Bonchev–Trinajstić information content (AvgIpc) is 2.74. The molecule has 1 aromatic rings. The van der Waals surface area contributed by atoms with Crippen molar-refractivity contribution >= 4 is 5.91 Å². The molecule has 1 heterocycles. The number of carbonyl (C=O) groups is 1. The fourth-order valence-corrected chi connectivity index (χ4v) is 2.49. The molecule has 0 saturated heterocycles. The third kappa shape index (κ3) is 3.35. The molecule has 1 saturated carbocycles. The molecule has 0 aromatic carbocycles. The highest BCUT2D eigenvalue weighted by Crippen LogP contribution is 2.18. The summed E-state index contributed by atoms with van der Waals surface area (Å²) in [5.74, 6) is 0.146. The lowest BCUT2D eigenvalue weighted by Crippen LogP contribution is -2.38. The lowest BCUT2D eigenvalue weighted by atomic mass is 10.1. The lowest BCUT2D eigenvalue weighted by molar-refractivity contribution is -0.124. The van der Waals surface area contributed by atoms with E-state index >= 15 is 0 Å². The van der Waals surface area contributed by atoms with Crippen molar-refractivity contribution in [1.82, 2.24) is 9.88 Å². The minimum absolute atomic E-state index is 0.103. The van der Waals surface area contributed by atoms with Gasteiger partial charge in [0, 0.05) is 18.4 Å². The predicted molar refractivity (Wildman–Crippen MR) is 68.8 cm³/mol. The molecule has 0 unspecified atom stereocenters. The average molecular weight is 234 g/mol. The van der Waals surface area contributed by atoms with Crippen LogP contribution in [0, 0.1) is 0 Å². The van der Waals surface area contributed by atoms with Crippen LogP contribution in [-0.4, -0.2) is 16.5 Å². The Kier molecular flexibility index (Phi) is 4.24. The van der Waals surface area contributed by atoms with Crippen molar-refractivity contribution in [2.24, 2.45) is 0 Å². The minimum atomic E-state index is -0.103. The molecule has 1 atom stereocenters. The molecule has 3 heteroatoms. The molecule has 1 aliphatic rings. The monoisotopic (exact) mass is 234 g/mol. The summed E-state index contributed by atoms with van der Waals surface area (Å²) in [5, 5.41) is 3.19. The van der Waals surface area contributed by atoms with Crippen molar-refractivity contribution in [3.8, 4) is 0 Å². The van der Waals surface area contributed by atoms with Crippen LogP contribution in [0.25, 0.3) is 0 Å². The predicted octanol–water partition coefficient (Wildman–Crippen LogP) is 2.89.